The minimum absolute atomic E-state index is 0.0525. The predicted octanol–water partition coefficient (Wildman–Crippen LogP) is 5.88. The van der Waals surface area contributed by atoms with Gasteiger partial charge >= 0.3 is 0 Å². The van der Waals surface area contributed by atoms with Crippen molar-refractivity contribution in [1.82, 2.24) is 0 Å². The van der Waals surface area contributed by atoms with E-state index in [-0.39, 0.29) is 34.6 Å². The van der Waals surface area contributed by atoms with Gasteiger partial charge in [0, 0.05) is 28.0 Å². The number of fused-ring (bicyclic) bond motifs is 1. The van der Waals surface area contributed by atoms with E-state index in [0.29, 0.717) is 24.5 Å². The highest BCUT2D eigenvalue weighted by Gasteiger charge is 2.27. The quantitative estimate of drug-likeness (QED) is 0.474. The summed E-state index contributed by atoms with van der Waals surface area (Å²) in [6.45, 7) is 0.460. The maximum Gasteiger partial charge on any atom is 0.237 e. The summed E-state index contributed by atoms with van der Waals surface area (Å²) in [6, 6.07) is 16.3. The number of carbonyl (C=O) groups is 1. The van der Waals surface area contributed by atoms with E-state index in [1.807, 2.05) is 12.1 Å². The fourth-order valence-electron chi connectivity index (χ4n) is 3.22. The van der Waals surface area contributed by atoms with Gasteiger partial charge in [0.25, 0.3) is 0 Å². The largest absolute Gasteiger partial charge is 0.493 e. The lowest BCUT2D eigenvalue weighted by Gasteiger charge is -2.30. The van der Waals surface area contributed by atoms with Gasteiger partial charge in [-0.25, -0.2) is 8.78 Å². The molecular weight excluding hydrogens is 428 g/mol. The number of benzene rings is 3. The predicted molar refractivity (Wildman–Crippen MR) is 115 cm³/mol. The summed E-state index contributed by atoms with van der Waals surface area (Å²) in [5.74, 6) is 0.0588. The van der Waals surface area contributed by atoms with Crippen LogP contribution in [0.5, 0.6) is 5.75 Å². The average molecular weight is 446 g/mol. The molecule has 0 spiro atoms. The van der Waals surface area contributed by atoms with Gasteiger partial charge < -0.3 is 9.64 Å². The van der Waals surface area contributed by atoms with Crippen molar-refractivity contribution in [3.63, 3.8) is 0 Å². The van der Waals surface area contributed by atoms with Crippen molar-refractivity contribution in [3.8, 4) is 5.75 Å². The molecule has 154 valence electrons. The minimum Gasteiger partial charge on any atom is -0.493 e. The Hall–Kier alpha value is -2.57. The molecule has 1 amide bonds. The molecule has 4 rings (SSSR count). The molecule has 3 aromatic rings. The fourth-order valence-corrected chi connectivity index (χ4v) is 4.36. The Morgan fingerprint density at radius 1 is 1.07 bits per heavy atom. The van der Waals surface area contributed by atoms with Gasteiger partial charge in [-0.2, -0.15) is 0 Å². The maximum absolute atomic E-state index is 14.3. The van der Waals surface area contributed by atoms with Gasteiger partial charge in [-0.1, -0.05) is 29.8 Å². The van der Waals surface area contributed by atoms with Crippen LogP contribution < -0.4 is 9.64 Å². The van der Waals surface area contributed by atoms with Crippen LogP contribution in [0.2, 0.25) is 5.02 Å². The smallest absolute Gasteiger partial charge is 0.237 e. The summed E-state index contributed by atoms with van der Waals surface area (Å²) in [7, 11) is 0. The van der Waals surface area contributed by atoms with Gasteiger partial charge in [0.05, 0.1) is 24.6 Å². The first-order valence-electron chi connectivity index (χ1n) is 9.38. The summed E-state index contributed by atoms with van der Waals surface area (Å²) in [6.07, 6.45) is 0.625. The molecule has 0 saturated carbocycles. The molecule has 0 aliphatic carbocycles. The number of hydrogen-bond acceptors (Lipinski definition) is 3. The normalized spacial score (nSPS) is 13.3. The molecule has 0 atom stereocenters. The van der Waals surface area contributed by atoms with Gasteiger partial charge in [0.15, 0.2) is 0 Å². The molecule has 3 nitrogen and oxygen atoms in total. The van der Waals surface area contributed by atoms with Crippen LogP contribution >= 0.6 is 23.4 Å². The molecule has 0 fully saturated rings. The highest BCUT2D eigenvalue weighted by Crippen LogP contribution is 2.39. The summed E-state index contributed by atoms with van der Waals surface area (Å²) in [5.41, 5.74) is 1.93. The van der Waals surface area contributed by atoms with Crippen LogP contribution in [-0.2, 0) is 17.8 Å². The van der Waals surface area contributed by atoms with Crippen molar-refractivity contribution in [1.29, 1.82) is 0 Å². The number of halogens is 3. The molecular formula is C23H18ClF2NO2S. The Balaban J connectivity index is 1.52. The molecule has 0 aromatic heterocycles. The average Bonchev–Trinajstić information content (AvgIpc) is 2.73. The highest BCUT2D eigenvalue weighted by molar-refractivity contribution is 8.00. The third-order valence-corrected chi connectivity index (χ3v) is 6.23. The fraction of sp³-hybridized carbons (Fsp3) is 0.174. The van der Waals surface area contributed by atoms with E-state index in [1.165, 1.54) is 36.0 Å². The number of ether oxygens (including phenoxy) is 1. The Bertz CT molecular complexity index is 1060. The van der Waals surface area contributed by atoms with E-state index >= 15 is 0 Å². The lowest BCUT2D eigenvalue weighted by molar-refractivity contribution is -0.116. The first-order chi connectivity index (χ1) is 14.5. The molecule has 0 N–H and O–H groups in total. The van der Waals surface area contributed by atoms with Gasteiger partial charge in [0.2, 0.25) is 5.91 Å². The van der Waals surface area contributed by atoms with Crippen LogP contribution in [0.25, 0.3) is 0 Å². The second-order valence-corrected chi connectivity index (χ2v) is 8.25. The Morgan fingerprint density at radius 2 is 1.87 bits per heavy atom. The lowest BCUT2D eigenvalue weighted by atomic mass is 10.1. The van der Waals surface area contributed by atoms with Crippen molar-refractivity contribution in [2.75, 3.05) is 17.3 Å². The van der Waals surface area contributed by atoms with Crippen molar-refractivity contribution >= 4 is 35.0 Å². The molecule has 7 heteroatoms. The van der Waals surface area contributed by atoms with Crippen molar-refractivity contribution in [2.45, 2.75) is 17.9 Å². The Labute approximate surface area is 182 Å². The first-order valence-corrected chi connectivity index (χ1v) is 10.7. The Morgan fingerprint density at radius 3 is 2.63 bits per heavy atom. The highest BCUT2D eigenvalue weighted by atomic mass is 35.5. The van der Waals surface area contributed by atoms with Crippen LogP contribution in [0.1, 0.15) is 11.1 Å². The maximum atomic E-state index is 14.3. The summed E-state index contributed by atoms with van der Waals surface area (Å²) in [5, 5.41) is 0.286. The summed E-state index contributed by atoms with van der Waals surface area (Å²) < 4.78 is 33.1. The van der Waals surface area contributed by atoms with E-state index in [0.717, 1.165) is 10.5 Å². The Kier molecular flexibility index (Phi) is 6.25. The SMILES string of the molecule is O=C1CSc2ccc(OCCc3ccc(F)cc3)cc2N1Cc1c(F)cccc1Cl. The summed E-state index contributed by atoms with van der Waals surface area (Å²) >= 11 is 7.60. The second kappa shape index (κ2) is 9.06. The lowest BCUT2D eigenvalue weighted by Crippen LogP contribution is -2.35. The molecule has 1 aliphatic rings. The van der Waals surface area contributed by atoms with Crippen LogP contribution in [0.3, 0.4) is 0 Å². The molecule has 30 heavy (non-hydrogen) atoms. The van der Waals surface area contributed by atoms with Crippen LogP contribution in [0.15, 0.2) is 65.6 Å². The van der Waals surface area contributed by atoms with Crippen LogP contribution in [0, 0.1) is 11.6 Å². The van der Waals surface area contributed by atoms with Gasteiger partial charge in [-0.3, -0.25) is 4.79 Å². The van der Waals surface area contributed by atoms with Gasteiger partial charge in [0.1, 0.15) is 17.4 Å². The number of amides is 1. The van der Waals surface area contributed by atoms with E-state index in [9.17, 15) is 13.6 Å². The van der Waals surface area contributed by atoms with Crippen molar-refractivity contribution < 1.29 is 18.3 Å². The monoisotopic (exact) mass is 445 g/mol. The summed E-state index contributed by atoms with van der Waals surface area (Å²) in [4.78, 5) is 15.1. The first kappa shape index (κ1) is 20.7. The number of anilines is 1. The van der Waals surface area contributed by atoms with E-state index in [4.69, 9.17) is 16.3 Å². The molecule has 3 aromatic carbocycles. The second-order valence-electron chi connectivity index (χ2n) is 6.82. The van der Waals surface area contributed by atoms with Crippen LogP contribution in [0.4, 0.5) is 14.5 Å². The third kappa shape index (κ3) is 4.60. The number of thioether (sulfide) groups is 1. The molecule has 0 unspecified atom stereocenters. The van der Waals surface area contributed by atoms with E-state index in [1.54, 1.807) is 29.2 Å². The zero-order valence-electron chi connectivity index (χ0n) is 15.9. The minimum atomic E-state index is -0.443. The molecule has 1 aliphatic heterocycles. The van der Waals surface area contributed by atoms with Crippen molar-refractivity contribution in [2.24, 2.45) is 0 Å². The number of rotatable bonds is 6. The molecule has 1 heterocycles. The van der Waals surface area contributed by atoms with Gasteiger partial charge in [-0.05, 0) is 42.0 Å². The van der Waals surface area contributed by atoms with Gasteiger partial charge in [-0.15, -0.1) is 11.8 Å². The zero-order chi connectivity index (χ0) is 21.1. The zero-order valence-corrected chi connectivity index (χ0v) is 17.5. The standard InChI is InChI=1S/C23H18ClF2NO2S/c24-19-2-1-3-20(26)18(19)13-27-21-12-17(8-9-22(21)30-14-23(27)28)29-11-10-15-4-6-16(25)7-5-15/h1-9,12H,10-11,13-14H2. The number of nitrogens with zero attached hydrogens (tertiary/aromatic N) is 1. The van der Waals surface area contributed by atoms with Crippen molar-refractivity contribution in [3.05, 3.63) is 88.4 Å². The third-order valence-electron chi connectivity index (χ3n) is 4.82. The number of hydrogen-bond donors (Lipinski definition) is 0. The topological polar surface area (TPSA) is 29.5 Å². The molecule has 0 bridgehead atoms. The number of carbonyl (C=O) groups excluding carboxylic acids is 1. The van der Waals surface area contributed by atoms with Crippen LogP contribution in [-0.4, -0.2) is 18.3 Å². The molecule has 0 radical (unpaired) electrons. The molecule has 0 saturated heterocycles. The van der Waals surface area contributed by atoms with E-state index in [2.05, 4.69) is 0 Å². The van der Waals surface area contributed by atoms with E-state index < -0.39 is 5.82 Å².